The van der Waals surface area contributed by atoms with Crippen molar-refractivity contribution in [1.29, 1.82) is 0 Å². The Morgan fingerprint density at radius 1 is 1.10 bits per heavy atom. The van der Waals surface area contributed by atoms with Gasteiger partial charge in [-0.25, -0.2) is 0 Å². The van der Waals surface area contributed by atoms with E-state index in [4.69, 9.17) is 10.5 Å². The highest BCUT2D eigenvalue weighted by molar-refractivity contribution is 6.11. The minimum absolute atomic E-state index is 0.0878. The molecule has 2 rings (SSSR count). The van der Waals surface area contributed by atoms with E-state index in [0.29, 0.717) is 5.69 Å². The van der Waals surface area contributed by atoms with E-state index in [1.165, 1.54) is 31.4 Å². The van der Waals surface area contributed by atoms with Crippen LogP contribution < -0.4 is 10.5 Å². The van der Waals surface area contributed by atoms with Crippen molar-refractivity contribution in [2.45, 2.75) is 6.18 Å². The molecule has 3 nitrogen and oxygen atoms in total. The van der Waals surface area contributed by atoms with Crippen LogP contribution in [0.5, 0.6) is 5.75 Å². The zero-order chi connectivity index (χ0) is 15.6. The van der Waals surface area contributed by atoms with E-state index in [-0.39, 0.29) is 16.9 Å². The molecule has 0 radical (unpaired) electrons. The number of anilines is 1. The SMILES string of the molecule is COc1ccc(C(F)(F)F)cc1C(=O)c1ccc(N)cc1. The summed E-state index contributed by atoms with van der Waals surface area (Å²) in [5.41, 5.74) is 5.17. The number of ether oxygens (including phenoxy) is 1. The molecule has 2 N–H and O–H groups in total. The summed E-state index contributed by atoms with van der Waals surface area (Å²) in [5, 5.41) is 0. The molecular formula is C15H12F3NO2. The third-order valence-electron chi connectivity index (χ3n) is 2.94. The number of rotatable bonds is 3. The Balaban J connectivity index is 2.50. The summed E-state index contributed by atoms with van der Waals surface area (Å²) in [7, 11) is 1.29. The molecule has 2 aromatic rings. The number of carbonyl (C=O) groups is 1. The minimum Gasteiger partial charge on any atom is -0.496 e. The molecule has 0 bridgehead atoms. The molecule has 0 unspecified atom stereocenters. The summed E-state index contributed by atoms with van der Waals surface area (Å²) in [6.45, 7) is 0. The van der Waals surface area contributed by atoms with Crippen molar-refractivity contribution in [2.75, 3.05) is 12.8 Å². The first kappa shape index (κ1) is 14.9. The van der Waals surface area contributed by atoms with E-state index in [2.05, 4.69) is 0 Å². The molecular weight excluding hydrogens is 283 g/mol. The second-order valence-corrected chi connectivity index (χ2v) is 4.36. The maximum absolute atomic E-state index is 12.8. The standard InChI is InChI=1S/C15H12F3NO2/c1-21-13-7-4-10(15(16,17)18)8-12(13)14(20)9-2-5-11(19)6-3-9/h2-8H,19H2,1H3. The van der Waals surface area contributed by atoms with Gasteiger partial charge in [0.1, 0.15) is 5.75 Å². The van der Waals surface area contributed by atoms with Crippen LogP contribution in [0.25, 0.3) is 0 Å². The van der Waals surface area contributed by atoms with Crippen molar-refractivity contribution >= 4 is 11.5 Å². The number of ketones is 1. The molecule has 0 aliphatic rings. The van der Waals surface area contributed by atoms with Gasteiger partial charge in [0.2, 0.25) is 0 Å². The highest BCUT2D eigenvalue weighted by Gasteiger charge is 2.32. The molecule has 6 heteroatoms. The second kappa shape index (κ2) is 5.47. The summed E-state index contributed by atoms with van der Waals surface area (Å²) in [4.78, 5) is 12.3. The van der Waals surface area contributed by atoms with Crippen LogP contribution in [-0.2, 0) is 6.18 Å². The summed E-state index contributed by atoms with van der Waals surface area (Å²) in [6, 6.07) is 8.72. The molecule has 0 atom stereocenters. The Kier molecular flexibility index (Phi) is 3.88. The Bertz CT molecular complexity index is 664. The van der Waals surface area contributed by atoms with Gasteiger partial charge in [-0.2, -0.15) is 13.2 Å². The zero-order valence-corrected chi connectivity index (χ0v) is 11.1. The second-order valence-electron chi connectivity index (χ2n) is 4.36. The fourth-order valence-electron chi connectivity index (χ4n) is 1.85. The van der Waals surface area contributed by atoms with Gasteiger partial charge in [0, 0.05) is 11.3 Å². The van der Waals surface area contributed by atoms with Crippen LogP contribution in [0.15, 0.2) is 42.5 Å². The molecule has 0 heterocycles. The lowest BCUT2D eigenvalue weighted by atomic mass is 10.00. The minimum atomic E-state index is -4.53. The van der Waals surface area contributed by atoms with E-state index in [9.17, 15) is 18.0 Å². The van der Waals surface area contributed by atoms with Gasteiger partial charge in [0.15, 0.2) is 5.78 Å². The first-order valence-electron chi connectivity index (χ1n) is 5.98. The predicted octanol–water partition coefficient (Wildman–Crippen LogP) is 3.53. The van der Waals surface area contributed by atoms with E-state index in [1.807, 2.05) is 0 Å². The fraction of sp³-hybridized carbons (Fsp3) is 0.133. The van der Waals surface area contributed by atoms with Gasteiger partial charge in [-0.15, -0.1) is 0 Å². The zero-order valence-electron chi connectivity index (χ0n) is 11.1. The first-order chi connectivity index (χ1) is 9.82. The summed E-state index contributed by atoms with van der Waals surface area (Å²) < 4.78 is 43.2. The van der Waals surface area contributed by atoms with Crippen molar-refractivity contribution in [2.24, 2.45) is 0 Å². The highest BCUT2D eigenvalue weighted by Crippen LogP contribution is 2.33. The number of benzene rings is 2. The molecule has 0 fully saturated rings. The topological polar surface area (TPSA) is 52.3 Å². The van der Waals surface area contributed by atoms with Gasteiger partial charge >= 0.3 is 6.18 Å². The molecule has 0 aliphatic carbocycles. The summed E-state index contributed by atoms with van der Waals surface area (Å²) >= 11 is 0. The normalized spacial score (nSPS) is 11.2. The van der Waals surface area contributed by atoms with Crippen molar-refractivity contribution < 1.29 is 22.7 Å². The molecule has 21 heavy (non-hydrogen) atoms. The van der Waals surface area contributed by atoms with Gasteiger partial charge < -0.3 is 10.5 Å². The van der Waals surface area contributed by atoms with Crippen molar-refractivity contribution in [3.63, 3.8) is 0 Å². The van der Waals surface area contributed by atoms with Crippen LogP contribution in [-0.4, -0.2) is 12.9 Å². The lowest BCUT2D eigenvalue weighted by molar-refractivity contribution is -0.137. The van der Waals surface area contributed by atoms with Crippen LogP contribution >= 0.6 is 0 Å². The lowest BCUT2D eigenvalue weighted by Gasteiger charge is -2.12. The number of nitrogens with two attached hydrogens (primary N) is 1. The Morgan fingerprint density at radius 3 is 2.24 bits per heavy atom. The van der Waals surface area contributed by atoms with E-state index >= 15 is 0 Å². The molecule has 0 aliphatic heterocycles. The Morgan fingerprint density at radius 2 is 1.71 bits per heavy atom. The van der Waals surface area contributed by atoms with Gasteiger partial charge in [-0.05, 0) is 42.5 Å². The number of nitrogen functional groups attached to an aromatic ring is 1. The number of halogens is 3. The number of alkyl halides is 3. The maximum Gasteiger partial charge on any atom is 0.416 e. The third kappa shape index (κ3) is 3.16. The predicted molar refractivity (Wildman–Crippen MR) is 72.3 cm³/mol. The quantitative estimate of drug-likeness (QED) is 0.696. The Labute approximate surface area is 119 Å². The number of hydrogen-bond donors (Lipinski definition) is 1. The molecule has 0 saturated carbocycles. The first-order valence-corrected chi connectivity index (χ1v) is 5.98. The smallest absolute Gasteiger partial charge is 0.416 e. The average Bonchev–Trinajstić information content (AvgIpc) is 2.45. The van der Waals surface area contributed by atoms with E-state index in [1.54, 1.807) is 0 Å². The molecule has 2 aromatic carbocycles. The third-order valence-corrected chi connectivity index (χ3v) is 2.94. The summed E-state index contributed by atoms with van der Waals surface area (Å²) in [6.07, 6.45) is -4.53. The van der Waals surface area contributed by atoms with Crippen LogP contribution in [0.3, 0.4) is 0 Å². The lowest BCUT2D eigenvalue weighted by Crippen LogP contribution is -2.10. The number of methoxy groups -OCH3 is 1. The molecule has 110 valence electrons. The summed E-state index contributed by atoms with van der Waals surface area (Å²) in [5.74, 6) is -0.470. The number of hydrogen-bond acceptors (Lipinski definition) is 3. The van der Waals surface area contributed by atoms with Gasteiger partial charge in [-0.1, -0.05) is 0 Å². The monoisotopic (exact) mass is 295 g/mol. The van der Waals surface area contributed by atoms with Crippen molar-refractivity contribution in [1.82, 2.24) is 0 Å². The van der Waals surface area contributed by atoms with Gasteiger partial charge in [0.25, 0.3) is 0 Å². The molecule has 0 spiro atoms. The van der Waals surface area contributed by atoms with Crippen LogP contribution in [0.4, 0.5) is 18.9 Å². The van der Waals surface area contributed by atoms with Crippen LogP contribution in [0, 0.1) is 0 Å². The van der Waals surface area contributed by atoms with Crippen LogP contribution in [0.2, 0.25) is 0 Å². The van der Waals surface area contributed by atoms with E-state index in [0.717, 1.165) is 18.2 Å². The van der Waals surface area contributed by atoms with Crippen molar-refractivity contribution in [3.05, 3.63) is 59.2 Å². The maximum atomic E-state index is 12.8. The van der Waals surface area contributed by atoms with E-state index < -0.39 is 17.5 Å². The highest BCUT2D eigenvalue weighted by atomic mass is 19.4. The fourth-order valence-corrected chi connectivity index (χ4v) is 1.85. The van der Waals surface area contributed by atoms with Crippen molar-refractivity contribution in [3.8, 4) is 5.75 Å². The molecule has 0 amide bonds. The van der Waals surface area contributed by atoms with Crippen LogP contribution in [0.1, 0.15) is 21.5 Å². The average molecular weight is 295 g/mol. The van der Waals surface area contributed by atoms with Gasteiger partial charge in [0.05, 0.1) is 18.2 Å². The van der Waals surface area contributed by atoms with Gasteiger partial charge in [-0.3, -0.25) is 4.79 Å². The molecule has 0 aromatic heterocycles. The largest absolute Gasteiger partial charge is 0.496 e. The Hall–Kier alpha value is -2.50. The number of carbonyl (C=O) groups excluding carboxylic acids is 1. The molecule has 0 saturated heterocycles.